The quantitative estimate of drug-likeness (QED) is 0.166. The fourth-order valence-corrected chi connectivity index (χ4v) is 2.27. The minimum atomic E-state index is -1.45. The summed E-state index contributed by atoms with van der Waals surface area (Å²) in [6.45, 7) is 3.53. The molecule has 0 aromatic heterocycles. The second kappa shape index (κ2) is 15.5. The Morgan fingerprint density at radius 3 is 1.63 bits per heavy atom. The molecule has 1 rings (SSSR count). The minimum Gasteiger partial charge on any atom is -0.394 e. The average molecular weight is 399 g/mol. The van der Waals surface area contributed by atoms with E-state index in [9.17, 15) is 15.3 Å². The van der Waals surface area contributed by atoms with E-state index in [1.165, 1.54) is 0 Å². The Morgan fingerprint density at radius 1 is 0.667 bits per heavy atom. The van der Waals surface area contributed by atoms with Gasteiger partial charge in [0.2, 0.25) is 0 Å². The lowest BCUT2D eigenvalue weighted by Crippen LogP contribution is -2.59. The first-order valence-electron chi connectivity index (χ1n) is 9.05. The van der Waals surface area contributed by atoms with Crippen LogP contribution in [0.25, 0.3) is 0 Å². The van der Waals surface area contributed by atoms with Gasteiger partial charge < -0.3 is 54.6 Å². The maximum atomic E-state index is 9.80. The van der Waals surface area contributed by atoms with Crippen LogP contribution in [0, 0.1) is 0 Å². The summed E-state index contributed by atoms with van der Waals surface area (Å²) in [5, 5.41) is 38.2. The van der Waals surface area contributed by atoms with Crippen molar-refractivity contribution in [2.75, 3.05) is 72.6 Å². The first kappa shape index (κ1) is 24.6. The van der Waals surface area contributed by atoms with Crippen molar-refractivity contribution >= 4 is 0 Å². The summed E-state index contributed by atoms with van der Waals surface area (Å²) in [6, 6.07) is 0. The van der Waals surface area contributed by atoms with Crippen LogP contribution in [0.2, 0.25) is 0 Å². The Morgan fingerprint density at radius 2 is 1.15 bits per heavy atom. The molecular formula is C16H33NO10. The fourth-order valence-electron chi connectivity index (χ4n) is 2.27. The first-order chi connectivity index (χ1) is 13.1. The maximum absolute atomic E-state index is 9.80. The van der Waals surface area contributed by atoms with Crippen LogP contribution in [0.1, 0.15) is 0 Å². The summed E-state index contributed by atoms with van der Waals surface area (Å²) in [5.74, 6) is 0. The van der Waals surface area contributed by atoms with Crippen LogP contribution in [0.4, 0.5) is 0 Å². The van der Waals surface area contributed by atoms with E-state index in [1.54, 1.807) is 0 Å². The van der Waals surface area contributed by atoms with Crippen molar-refractivity contribution in [1.82, 2.24) is 0 Å². The molecule has 1 heterocycles. The van der Waals surface area contributed by atoms with E-state index < -0.39 is 37.3 Å². The van der Waals surface area contributed by atoms with Crippen molar-refractivity contribution in [3.8, 4) is 0 Å². The summed E-state index contributed by atoms with van der Waals surface area (Å²) in [5.41, 5.74) is 5.28. The highest BCUT2D eigenvalue weighted by Crippen LogP contribution is 2.21. The van der Waals surface area contributed by atoms with Gasteiger partial charge in [0.25, 0.3) is 0 Å². The highest BCUT2D eigenvalue weighted by atomic mass is 16.7. The maximum Gasteiger partial charge on any atom is 0.186 e. The van der Waals surface area contributed by atoms with Crippen LogP contribution in [0.3, 0.4) is 0 Å². The van der Waals surface area contributed by atoms with Crippen LogP contribution in [-0.4, -0.2) is 124 Å². The van der Waals surface area contributed by atoms with Crippen LogP contribution in [-0.2, 0) is 28.4 Å². The molecule has 1 aliphatic heterocycles. The van der Waals surface area contributed by atoms with Crippen molar-refractivity contribution in [2.45, 2.75) is 30.7 Å². The molecule has 1 saturated heterocycles. The zero-order chi connectivity index (χ0) is 19.9. The molecule has 0 amide bonds. The van der Waals surface area contributed by atoms with E-state index >= 15 is 0 Å². The number of aliphatic hydroxyl groups excluding tert-OH is 4. The number of nitrogens with two attached hydrogens (primary N) is 1. The number of hydrogen-bond donors (Lipinski definition) is 5. The first-order valence-corrected chi connectivity index (χ1v) is 9.05. The van der Waals surface area contributed by atoms with Gasteiger partial charge in [-0.3, -0.25) is 0 Å². The second-order valence-electron chi connectivity index (χ2n) is 5.81. The van der Waals surface area contributed by atoms with Crippen molar-refractivity contribution in [3.63, 3.8) is 0 Å². The standard InChI is InChI=1S/C16H33NO10/c17-1-2-22-3-4-23-5-6-24-7-8-25-9-10-26-16-15(21)14(20)13(19)12(11-18)27-16/h12-16,18-21H,1-11,17H2. The van der Waals surface area contributed by atoms with E-state index in [4.69, 9.17) is 39.3 Å². The molecule has 0 aromatic rings. The van der Waals surface area contributed by atoms with Crippen molar-refractivity contribution in [2.24, 2.45) is 5.73 Å². The Bertz CT molecular complexity index is 349. The van der Waals surface area contributed by atoms with Gasteiger partial charge in [-0.15, -0.1) is 0 Å². The molecule has 11 nitrogen and oxygen atoms in total. The second-order valence-corrected chi connectivity index (χ2v) is 5.81. The van der Waals surface area contributed by atoms with Crippen molar-refractivity contribution in [3.05, 3.63) is 0 Å². The number of aliphatic hydroxyl groups is 4. The number of rotatable bonds is 16. The molecule has 11 heteroatoms. The van der Waals surface area contributed by atoms with E-state index in [0.29, 0.717) is 52.8 Å². The van der Waals surface area contributed by atoms with Crippen molar-refractivity contribution < 1.29 is 48.8 Å². The predicted molar refractivity (Wildman–Crippen MR) is 92.0 cm³/mol. The fraction of sp³-hybridized carbons (Fsp3) is 1.00. The van der Waals surface area contributed by atoms with Gasteiger partial charge in [-0.2, -0.15) is 0 Å². The molecule has 27 heavy (non-hydrogen) atoms. The molecular weight excluding hydrogens is 366 g/mol. The summed E-state index contributed by atoms with van der Waals surface area (Å²) in [7, 11) is 0. The summed E-state index contributed by atoms with van der Waals surface area (Å²) < 4.78 is 31.6. The molecule has 0 spiro atoms. The molecule has 1 fully saturated rings. The van der Waals surface area contributed by atoms with Gasteiger partial charge in [-0.1, -0.05) is 0 Å². The summed E-state index contributed by atoms with van der Waals surface area (Å²) >= 11 is 0. The summed E-state index contributed by atoms with van der Waals surface area (Å²) in [4.78, 5) is 0. The average Bonchev–Trinajstić information content (AvgIpc) is 2.68. The molecule has 5 atom stereocenters. The topological polar surface area (TPSA) is 162 Å². The summed E-state index contributed by atoms with van der Waals surface area (Å²) in [6.07, 6.45) is -6.40. The van der Waals surface area contributed by atoms with Crippen LogP contribution < -0.4 is 5.73 Å². The molecule has 162 valence electrons. The monoisotopic (exact) mass is 399 g/mol. The lowest BCUT2D eigenvalue weighted by Gasteiger charge is -2.39. The van der Waals surface area contributed by atoms with Gasteiger partial charge in [-0.25, -0.2) is 0 Å². The number of hydrogen-bond acceptors (Lipinski definition) is 11. The van der Waals surface area contributed by atoms with Crippen molar-refractivity contribution in [1.29, 1.82) is 0 Å². The zero-order valence-electron chi connectivity index (χ0n) is 15.5. The smallest absolute Gasteiger partial charge is 0.186 e. The Labute approximate surface area is 158 Å². The predicted octanol–water partition coefficient (Wildman–Crippen LogP) is -3.17. The largest absolute Gasteiger partial charge is 0.394 e. The molecule has 0 radical (unpaired) electrons. The Balaban J connectivity index is 1.92. The molecule has 5 unspecified atom stereocenters. The minimum absolute atomic E-state index is 0.106. The third-order valence-corrected chi connectivity index (χ3v) is 3.74. The van der Waals surface area contributed by atoms with Gasteiger partial charge >= 0.3 is 0 Å². The SMILES string of the molecule is NCCOCCOCCOCCOCCOC1OC(CO)C(O)C(O)C1O. The molecule has 0 aliphatic carbocycles. The normalized spacial score (nSPS) is 28.6. The molecule has 0 bridgehead atoms. The zero-order valence-corrected chi connectivity index (χ0v) is 15.5. The van der Waals surface area contributed by atoms with Crippen LogP contribution in [0.5, 0.6) is 0 Å². The van der Waals surface area contributed by atoms with Gasteiger partial charge in [0, 0.05) is 6.54 Å². The molecule has 0 aromatic carbocycles. The Hall–Kier alpha value is -0.440. The Kier molecular flexibility index (Phi) is 14.1. The highest BCUT2D eigenvalue weighted by Gasteiger charge is 2.43. The molecule has 6 N–H and O–H groups in total. The highest BCUT2D eigenvalue weighted by molar-refractivity contribution is 4.88. The van der Waals surface area contributed by atoms with E-state index in [0.717, 1.165) is 0 Å². The van der Waals surface area contributed by atoms with Gasteiger partial charge in [0.1, 0.15) is 24.4 Å². The van der Waals surface area contributed by atoms with Crippen LogP contribution in [0.15, 0.2) is 0 Å². The third kappa shape index (κ3) is 10.1. The van der Waals surface area contributed by atoms with E-state index in [2.05, 4.69) is 0 Å². The van der Waals surface area contributed by atoms with Crippen LogP contribution >= 0.6 is 0 Å². The van der Waals surface area contributed by atoms with E-state index in [1.807, 2.05) is 0 Å². The van der Waals surface area contributed by atoms with Gasteiger partial charge in [0.05, 0.1) is 66.1 Å². The van der Waals surface area contributed by atoms with E-state index in [-0.39, 0.29) is 13.2 Å². The third-order valence-electron chi connectivity index (χ3n) is 3.74. The lowest BCUT2D eigenvalue weighted by atomic mass is 9.99. The molecule has 0 saturated carbocycles. The number of ether oxygens (including phenoxy) is 6. The van der Waals surface area contributed by atoms with Gasteiger partial charge in [0.15, 0.2) is 6.29 Å². The molecule has 1 aliphatic rings. The van der Waals surface area contributed by atoms with Gasteiger partial charge in [-0.05, 0) is 0 Å². The lowest BCUT2D eigenvalue weighted by molar-refractivity contribution is -0.302.